The van der Waals surface area contributed by atoms with E-state index in [2.05, 4.69) is 24.7 Å². The Labute approximate surface area is 187 Å². The third kappa shape index (κ3) is 6.17. The van der Waals surface area contributed by atoms with Gasteiger partial charge in [0.15, 0.2) is 0 Å². The number of benzene rings is 2. The number of methoxy groups -OCH3 is 1. The van der Waals surface area contributed by atoms with Crippen molar-refractivity contribution in [3.63, 3.8) is 0 Å². The van der Waals surface area contributed by atoms with Crippen molar-refractivity contribution in [1.29, 1.82) is 0 Å². The highest BCUT2D eigenvalue weighted by atomic mass is 19.4. The average molecular weight is 441 g/mol. The normalized spacial score (nSPS) is 13.3. The third-order valence-electron chi connectivity index (χ3n) is 4.88. The Kier molecular flexibility index (Phi) is 8.55. The lowest BCUT2D eigenvalue weighted by Gasteiger charge is -2.28. The van der Waals surface area contributed by atoms with E-state index in [9.17, 15) is 18.3 Å². The predicted octanol–water partition coefficient (Wildman–Crippen LogP) is 6.72. The molecule has 0 bridgehead atoms. The summed E-state index contributed by atoms with van der Waals surface area (Å²) in [7, 11) is 1.26. The van der Waals surface area contributed by atoms with Crippen LogP contribution in [0.5, 0.6) is 5.75 Å². The number of ether oxygens (including phenoxy) is 1. The summed E-state index contributed by atoms with van der Waals surface area (Å²) in [6.07, 6.45) is 2.32. The first-order chi connectivity index (χ1) is 15.1. The maximum absolute atomic E-state index is 14.0. The van der Waals surface area contributed by atoms with E-state index in [0.717, 1.165) is 12.8 Å². The van der Waals surface area contributed by atoms with Gasteiger partial charge < -0.3 is 9.84 Å². The molecule has 0 aromatic heterocycles. The van der Waals surface area contributed by atoms with Gasteiger partial charge in [0.25, 0.3) is 5.60 Å². The van der Waals surface area contributed by atoms with E-state index >= 15 is 0 Å². The molecule has 0 aliphatic rings. The Morgan fingerprint density at radius 1 is 1.16 bits per heavy atom. The fourth-order valence-corrected chi connectivity index (χ4v) is 3.09. The van der Waals surface area contributed by atoms with E-state index in [1.807, 2.05) is 18.9 Å². The van der Waals surface area contributed by atoms with Crippen molar-refractivity contribution in [2.24, 2.45) is 0 Å². The summed E-state index contributed by atoms with van der Waals surface area (Å²) in [5.41, 5.74) is 1.97. The Morgan fingerprint density at radius 3 is 2.44 bits per heavy atom. The van der Waals surface area contributed by atoms with E-state index in [0.29, 0.717) is 16.7 Å². The quantitative estimate of drug-likeness (QED) is 0.307. The summed E-state index contributed by atoms with van der Waals surface area (Å²) in [4.78, 5) is 0. The van der Waals surface area contributed by atoms with Gasteiger partial charge in [0.1, 0.15) is 5.75 Å². The van der Waals surface area contributed by atoms with Crippen molar-refractivity contribution in [1.82, 2.24) is 0 Å². The first-order valence-corrected chi connectivity index (χ1v) is 10.3. The van der Waals surface area contributed by atoms with Gasteiger partial charge >= 0.3 is 6.18 Å². The van der Waals surface area contributed by atoms with Gasteiger partial charge in [-0.3, -0.25) is 0 Å². The maximum Gasteiger partial charge on any atom is 0.433 e. The van der Waals surface area contributed by atoms with Crippen LogP contribution in [-0.2, 0) is 5.60 Å². The molecule has 0 heterocycles. The molecule has 168 valence electrons. The van der Waals surface area contributed by atoms with Crippen molar-refractivity contribution in [2.75, 3.05) is 7.11 Å². The van der Waals surface area contributed by atoms with Crippen molar-refractivity contribution in [3.05, 3.63) is 88.2 Å². The number of alkyl halides is 3. The minimum absolute atomic E-state index is 0.104. The van der Waals surface area contributed by atoms with E-state index < -0.39 is 17.3 Å². The highest BCUT2D eigenvalue weighted by molar-refractivity contribution is 5.60. The third-order valence-corrected chi connectivity index (χ3v) is 4.88. The molecule has 0 saturated carbocycles. The summed E-state index contributed by atoms with van der Waals surface area (Å²) in [5, 5.41) is 10.7. The zero-order valence-corrected chi connectivity index (χ0v) is 18.7. The molecule has 2 rings (SSSR count). The second-order valence-corrected chi connectivity index (χ2v) is 7.41. The van der Waals surface area contributed by atoms with Crippen LogP contribution in [0.25, 0.3) is 6.08 Å². The van der Waals surface area contributed by atoms with Gasteiger partial charge in [0, 0.05) is 11.1 Å². The van der Waals surface area contributed by atoms with Crippen LogP contribution in [0.2, 0.25) is 0 Å². The lowest BCUT2D eigenvalue weighted by atomic mass is 9.89. The molecule has 0 aliphatic heterocycles. The lowest BCUT2D eigenvalue weighted by Crippen LogP contribution is -2.41. The van der Waals surface area contributed by atoms with Gasteiger partial charge in [0.2, 0.25) is 0 Å². The summed E-state index contributed by atoms with van der Waals surface area (Å²) in [6.45, 7) is 5.76. The summed E-state index contributed by atoms with van der Waals surface area (Å²) in [6, 6.07) is 10.9. The summed E-state index contributed by atoms with van der Waals surface area (Å²) >= 11 is 0. The number of aryl methyl sites for hydroxylation is 1. The van der Waals surface area contributed by atoms with Gasteiger partial charge in [-0.05, 0) is 80.2 Å². The molecule has 1 N–H and O–H groups in total. The van der Waals surface area contributed by atoms with Crippen LogP contribution >= 0.6 is 0 Å². The predicted molar refractivity (Wildman–Crippen MR) is 122 cm³/mol. The van der Waals surface area contributed by atoms with Crippen LogP contribution in [0.3, 0.4) is 0 Å². The fourth-order valence-electron chi connectivity index (χ4n) is 3.09. The molecule has 2 nitrogen and oxygen atoms in total. The van der Waals surface area contributed by atoms with E-state index in [-0.39, 0.29) is 5.75 Å². The monoisotopic (exact) mass is 440 g/mol. The smallest absolute Gasteiger partial charge is 0.433 e. The summed E-state index contributed by atoms with van der Waals surface area (Å²) < 4.78 is 47.2. The molecule has 0 radical (unpaired) electrons. The lowest BCUT2D eigenvalue weighted by molar-refractivity contribution is -0.241. The van der Waals surface area contributed by atoms with Gasteiger partial charge in [-0.2, -0.15) is 13.2 Å². The second kappa shape index (κ2) is 10.9. The molecule has 5 heteroatoms. The molecule has 1 unspecified atom stereocenters. The Morgan fingerprint density at radius 2 is 1.84 bits per heavy atom. The van der Waals surface area contributed by atoms with Crippen LogP contribution in [0.4, 0.5) is 13.2 Å². The van der Waals surface area contributed by atoms with Crippen LogP contribution < -0.4 is 4.74 Å². The van der Waals surface area contributed by atoms with Crippen molar-refractivity contribution < 1.29 is 23.0 Å². The second-order valence-electron chi connectivity index (χ2n) is 7.41. The number of halogens is 3. The fraction of sp³-hybridized carbons (Fsp3) is 0.296. The van der Waals surface area contributed by atoms with Gasteiger partial charge in [-0.15, -0.1) is 5.73 Å². The molecule has 32 heavy (non-hydrogen) atoms. The SMILES string of the molecule is CC/C=C(\C)CC=C=Cc1cc(OC)c(C(O)(C#Cc2ccccc2)C(F)(F)F)cc1C. The van der Waals surface area contributed by atoms with Gasteiger partial charge in [-0.25, -0.2) is 0 Å². The molecule has 0 spiro atoms. The van der Waals surface area contributed by atoms with E-state index in [4.69, 9.17) is 4.74 Å². The van der Waals surface area contributed by atoms with Gasteiger partial charge in [0.05, 0.1) is 7.11 Å². The molecule has 0 saturated heterocycles. The molecule has 0 fully saturated rings. The number of hydrogen-bond donors (Lipinski definition) is 1. The Bertz CT molecular complexity index is 1080. The zero-order chi connectivity index (χ0) is 23.8. The average Bonchev–Trinajstić information content (AvgIpc) is 2.75. The summed E-state index contributed by atoms with van der Waals surface area (Å²) in [5.74, 6) is 4.36. The zero-order valence-electron chi connectivity index (χ0n) is 18.7. The van der Waals surface area contributed by atoms with Gasteiger partial charge in [-0.1, -0.05) is 42.7 Å². The molecule has 1 atom stereocenters. The first-order valence-electron chi connectivity index (χ1n) is 10.3. The van der Waals surface area contributed by atoms with E-state index in [1.54, 1.807) is 43.3 Å². The van der Waals surface area contributed by atoms with Crippen molar-refractivity contribution >= 4 is 6.08 Å². The number of aliphatic hydroxyl groups is 1. The Hall–Kier alpha value is -3.19. The topological polar surface area (TPSA) is 29.5 Å². The minimum Gasteiger partial charge on any atom is -0.496 e. The van der Waals surface area contributed by atoms with E-state index in [1.165, 1.54) is 24.8 Å². The minimum atomic E-state index is -5.03. The maximum atomic E-state index is 14.0. The van der Waals surface area contributed by atoms with Crippen LogP contribution in [-0.4, -0.2) is 18.4 Å². The van der Waals surface area contributed by atoms with Crippen molar-refractivity contribution in [3.8, 4) is 17.6 Å². The molecule has 2 aromatic rings. The largest absolute Gasteiger partial charge is 0.496 e. The van der Waals surface area contributed by atoms with Crippen LogP contribution in [0.1, 0.15) is 48.9 Å². The molecular weight excluding hydrogens is 413 g/mol. The highest BCUT2D eigenvalue weighted by Gasteiger charge is 2.56. The number of hydrogen-bond acceptors (Lipinski definition) is 2. The molecule has 0 amide bonds. The highest BCUT2D eigenvalue weighted by Crippen LogP contribution is 2.43. The van der Waals surface area contributed by atoms with Crippen molar-refractivity contribution in [2.45, 2.75) is 45.4 Å². The molecule has 0 aliphatic carbocycles. The standard InChI is InChI=1S/C27H27F3O2/c1-5-11-20(2)12-9-10-15-23-19-25(32-4)24(18-21(23)3)26(31,27(28,29)30)17-16-22-13-7-6-8-14-22/h6-9,11,13-15,18-19,31H,5,12H2,1-4H3/b20-11+. The molecular formula is C27H27F3O2. The first kappa shape index (κ1) is 25.1. The van der Waals surface area contributed by atoms with Crippen LogP contribution in [0.15, 0.2) is 65.9 Å². The Balaban J connectivity index is 2.52. The number of allylic oxidation sites excluding steroid dienone is 3. The molecule has 2 aromatic carbocycles. The number of rotatable bonds is 6. The van der Waals surface area contributed by atoms with Crippen LogP contribution in [0, 0.1) is 18.8 Å².